The molecule has 1 aliphatic rings. The van der Waals surface area contributed by atoms with Crippen molar-refractivity contribution in [1.82, 2.24) is 10.2 Å². The Morgan fingerprint density at radius 1 is 1.16 bits per heavy atom. The lowest BCUT2D eigenvalue weighted by atomic mass is 10.1. The number of carbonyl (C=O) groups is 2. The standard InChI is InChI=1S/C19H22N4O2/c1-14(24)22-17-8-6-15(7-9-17)12-21-18-5-3-2-4-16(18)13-23-11-10-20-19(23)25/h2-9,21H,10-13H2,1H3,(H,20,25)(H,22,24). The number of carbonyl (C=O) groups excluding carboxylic acids is 2. The van der Waals surface area contributed by atoms with Crippen LogP contribution >= 0.6 is 0 Å². The number of urea groups is 1. The van der Waals surface area contributed by atoms with Crippen molar-refractivity contribution >= 4 is 23.3 Å². The van der Waals surface area contributed by atoms with E-state index in [1.165, 1.54) is 6.92 Å². The summed E-state index contributed by atoms with van der Waals surface area (Å²) in [5, 5.41) is 9.01. The first-order chi connectivity index (χ1) is 12.1. The van der Waals surface area contributed by atoms with Crippen molar-refractivity contribution in [3.8, 4) is 0 Å². The van der Waals surface area contributed by atoms with Crippen LogP contribution in [0.1, 0.15) is 18.1 Å². The summed E-state index contributed by atoms with van der Waals surface area (Å²) in [6.07, 6.45) is 0. The quantitative estimate of drug-likeness (QED) is 0.758. The first-order valence-corrected chi connectivity index (χ1v) is 8.33. The molecule has 2 aromatic rings. The van der Waals surface area contributed by atoms with Gasteiger partial charge in [0.1, 0.15) is 0 Å². The third-order valence-corrected chi connectivity index (χ3v) is 4.08. The molecule has 1 heterocycles. The number of benzene rings is 2. The summed E-state index contributed by atoms with van der Waals surface area (Å²) in [7, 11) is 0. The van der Waals surface area contributed by atoms with E-state index in [0.29, 0.717) is 19.6 Å². The fourth-order valence-electron chi connectivity index (χ4n) is 2.80. The molecule has 3 N–H and O–H groups in total. The molecule has 25 heavy (non-hydrogen) atoms. The molecule has 2 aromatic carbocycles. The van der Waals surface area contributed by atoms with Crippen molar-refractivity contribution in [2.24, 2.45) is 0 Å². The molecule has 1 fully saturated rings. The van der Waals surface area contributed by atoms with Crippen LogP contribution in [0.15, 0.2) is 48.5 Å². The minimum Gasteiger partial charge on any atom is -0.381 e. The molecule has 0 aliphatic carbocycles. The number of anilines is 2. The molecule has 6 heteroatoms. The molecule has 0 saturated carbocycles. The number of para-hydroxylation sites is 1. The molecule has 1 aliphatic heterocycles. The Kier molecular flexibility index (Phi) is 5.18. The monoisotopic (exact) mass is 338 g/mol. The number of rotatable bonds is 6. The van der Waals surface area contributed by atoms with Crippen molar-refractivity contribution < 1.29 is 9.59 Å². The summed E-state index contributed by atoms with van der Waals surface area (Å²) in [4.78, 5) is 24.6. The lowest BCUT2D eigenvalue weighted by Crippen LogP contribution is -2.27. The number of nitrogens with zero attached hydrogens (tertiary/aromatic N) is 1. The number of nitrogens with one attached hydrogen (secondary N) is 3. The van der Waals surface area contributed by atoms with Crippen LogP contribution in [-0.4, -0.2) is 29.9 Å². The van der Waals surface area contributed by atoms with Crippen molar-refractivity contribution in [2.45, 2.75) is 20.0 Å². The zero-order valence-corrected chi connectivity index (χ0v) is 14.2. The van der Waals surface area contributed by atoms with Crippen molar-refractivity contribution in [2.75, 3.05) is 23.7 Å². The largest absolute Gasteiger partial charge is 0.381 e. The van der Waals surface area contributed by atoms with E-state index in [0.717, 1.165) is 29.0 Å². The highest BCUT2D eigenvalue weighted by molar-refractivity contribution is 5.88. The van der Waals surface area contributed by atoms with E-state index in [1.54, 1.807) is 0 Å². The molecule has 3 amide bonds. The van der Waals surface area contributed by atoms with E-state index in [-0.39, 0.29) is 11.9 Å². The van der Waals surface area contributed by atoms with E-state index in [1.807, 2.05) is 53.4 Å². The summed E-state index contributed by atoms with van der Waals surface area (Å²) in [5.74, 6) is -0.0780. The third-order valence-electron chi connectivity index (χ3n) is 4.08. The van der Waals surface area contributed by atoms with Gasteiger partial charge in [0.05, 0.1) is 0 Å². The lowest BCUT2D eigenvalue weighted by Gasteiger charge is -2.18. The van der Waals surface area contributed by atoms with Gasteiger partial charge < -0.3 is 20.9 Å². The first-order valence-electron chi connectivity index (χ1n) is 8.33. The predicted molar refractivity (Wildman–Crippen MR) is 98.3 cm³/mol. The zero-order chi connectivity index (χ0) is 17.6. The molecule has 0 unspecified atom stereocenters. The summed E-state index contributed by atoms with van der Waals surface area (Å²) >= 11 is 0. The second kappa shape index (κ2) is 7.70. The molecule has 0 spiro atoms. The molecular formula is C19H22N4O2. The molecule has 0 radical (unpaired) electrons. The van der Waals surface area contributed by atoms with Crippen LogP contribution < -0.4 is 16.0 Å². The van der Waals surface area contributed by atoms with Gasteiger partial charge in [0.15, 0.2) is 0 Å². The van der Waals surface area contributed by atoms with Crippen LogP contribution in [0.5, 0.6) is 0 Å². The summed E-state index contributed by atoms with van der Waals surface area (Å²) in [6, 6.07) is 15.7. The van der Waals surface area contributed by atoms with E-state index >= 15 is 0 Å². The van der Waals surface area contributed by atoms with Gasteiger partial charge in [-0.25, -0.2) is 4.79 Å². The van der Waals surface area contributed by atoms with Gasteiger partial charge in [-0.15, -0.1) is 0 Å². The summed E-state index contributed by atoms with van der Waals surface area (Å²) in [5.41, 5.74) is 4.02. The number of amides is 3. The van der Waals surface area contributed by atoms with E-state index in [9.17, 15) is 9.59 Å². The van der Waals surface area contributed by atoms with Crippen molar-refractivity contribution in [1.29, 1.82) is 0 Å². The van der Waals surface area contributed by atoms with Gasteiger partial charge in [0, 0.05) is 44.5 Å². The highest BCUT2D eigenvalue weighted by Crippen LogP contribution is 2.19. The molecule has 3 rings (SSSR count). The smallest absolute Gasteiger partial charge is 0.317 e. The van der Waals surface area contributed by atoms with Crippen molar-refractivity contribution in [3.05, 3.63) is 59.7 Å². The Labute approximate surface area is 147 Å². The number of hydrogen-bond donors (Lipinski definition) is 3. The van der Waals surface area contributed by atoms with Crippen LogP contribution in [0, 0.1) is 0 Å². The van der Waals surface area contributed by atoms with Crippen LogP contribution in [-0.2, 0) is 17.9 Å². The molecule has 0 bridgehead atoms. The molecule has 130 valence electrons. The zero-order valence-electron chi connectivity index (χ0n) is 14.2. The average molecular weight is 338 g/mol. The van der Waals surface area contributed by atoms with E-state index in [4.69, 9.17) is 0 Å². The maximum Gasteiger partial charge on any atom is 0.317 e. The molecule has 6 nitrogen and oxygen atoms in total. The van der Waals surface area contributed by atoms with Gasteiger partial charge in [0.25, 0.3) is 0 Å². The molecule has 0 aromatic heterocycles. The summed E-state index contributed by atoms with van der Waals surface area (Å²) < 4.78 is 0. The van der Waals surface area contributed by atoms with Gasteiger partial charge in [-0.3, -0.25) is 4.79 Å². The normalized spacial score (nSPS) is 13.5. The SMILES string of the molecule is CC(=O)Nc1ccc(CNc2ccccc2CN2CCNC2=O)cc1. The highest BCUT2D eigenvalue weighted by atomic mass is 16.2. The molecular weight excluding hydrogens is 316 g/mol. The minimum absolute atomic E-state index is 0.0108. The Balaban J connectivity index is 1.63. The maximum absolute atomic E-state index is 11.7. The van der Waals surface area contributed by atoms with Crippen LogP contribution in [0.2, 0.25) is 0 Å². The fourth-order valence-corrected chi connectivity index (χ4v) is 2.80. The Bertz CT molecular complexity index is 758. The Morgan fingerprint density at radius 3 is 2.60 bits per heavy atom. The van der Waals surface area contributed by atoms with Gasteiger partial charge in [-0.2, -0.15) is 0 Å². The predicted octanol–water partition coefficient (Wildman–Crippen LogP) is 2.78. The fraction of sp³-hybridized carbons (Fsp3) is 0.263. The highest BCUT2D eigenvalue weighted by Gasteiger charge is 2.20. The molecule has 0 atom stereocenters. The lowest BCUT2D eigenvalue weighted by molar-refractivity contribution is -0.114. The first kappa shape index (κ1) is 16.8. The maximum atomic E-state index is 11.7. The minimum atomic E-state index is -0.0780. The van der Waals surface area contributed by atoms with Gasteiger partial charge in [-0.05, 0) is 29.3 Å². The van der Waals surface area contributed by atoms with Crippen LogP contribution in [0.3, 0.4) is 0 Å². The summed E-state index contributed by atoms with van der Waals surface area (Å²) in [6.45, 7) is 4.19. The molecule has 1 saturated heterocycles. The average Bonchev–Trinajstić information content (AvgIpc) is 3.00. The third kappa shape index (κ3) is 4.50. The number of hydrogen-bond acceptors (Lipinski definition) is 3. The Hall–Kier alpha value is -3.02. The second-order valence-corrected chi connectivity index (χ2v) is 6.04. The van der Waals surface area contributed by atoms with Gasteiger partial charge in [-0.1, -0.05) is 30.3 Å². The van der Waals surface area contributed by atoms with E-state index in [2.05, 4.69) is 16.0 Å². The van der Waals surface area contributed by atoms with Crippen LogP contribution in [0.25, 0.3) is 0 Å². The van der Waals surface area contributed by atoms with Crippen LogP contribution in [0.4, 0.5) is 16.2 Å². The second-order valence-electron chi connectivity index (χ2n) is 6.04. The Morgan fingerprint density at radius 2 is 1.92 bits per heavy atom. The van der Waals surface area contributed by atoms with Gasteiger partial charge in [0.2, 0.25) is 5.91 Å². The van der Waals surface area contributed by atoms with E-state index < -0.39 is 0 Å². The van der Waals surface area contributed by atoms with Crippen molar-refractivity contribution in [3.63, 3.8) is 0 Å². The van der Waals surface area contributed by atoms with Gasteiger partial charge >= 0.3 is 6.03 Å². The topological polar surface area (TPSA) is 73.5 Å².